The van der Waals surface area contributed by atoms with Gasteiger partial charge in [-0.25, -0.2) is 0 Å². The molecule has 0 saturated carbocycles. The molecule has 1 aliphatic rings. The Balaban J connectivity index is 3.03. The smallest absolute Gasteiger partial charge is 0.166 e. The first-order valence-corrected chi connectivity index (χ1v) is 5.65. The lowest BCUT2D eigenvalue weighted by Gasteiger charge is -2.36. The Morgan fingerprint density at radius 1 is 1.44 bits per heavy atom. The van der Waals surface area contributed by atoms with Crippen LogP contribution in [-0.4, -0.2) is 22.8 Å². The summed E-state index contributed by atoms with van der Waals surface area (Å²) in [5.74, 6) is -0.186. The Morgan fingerprint density at radius 2 is 2.00 bits per heavy atom. The Kier molecular flexibility index (Phi) is 3.68. The van der Waals surface area contributed by atoms with Crippen molar-refractivity contribution >= 4 is 11.6 Å². The molecule has 0 spiro atoms. The zero-order valence-corrected chi connectivity index (χ0v) is 10.5. The van der Waals surface area contributed by atoms with Crippen molar-refractivity contribution in [1.82, 2.24) is 0 Å². The molecular weight excluding hydrogens is 204 g/mol. The highest BCUT2D eigenvalue weighted by Gasteiger charge is 2.36. The number of rotatable bonds is 3. The first-order valence-electron chi connectivity index (χ1n) is 5.65. The fraction of sp³-hybridized carbons (Fsp3) is 0.692. The van der Waals surface area contributed by atoms with Crippen LogP contribution in [0.5, 0.6) is 0 Å². The summed E-state index contributed by atoms with van der Waals surface area (Å²) in [6, 6.07) is 0. The molecule has 3 heteroatoms. The molecule has 0 saturated heterocycles. The third-order valence-corrected chi connectivity index (χ3v) is 3.08. The number of ketones is 2. The van der Waals surface area contributed by atoms with Gasteiger partial charge in [0.05, 0.1) is 12.5 Å². The zero-order valence-electron chi connectivity index (χ0n) is 10.5. The normalized spacial score (nSPS) is 24.4. The lowest BCUT2D eigenvalue weighted by Crippen LogP contribution is -2.33. The SMILES string of the molecule is CC(=O)CC(=O)C1=C(C)C[C@@H](O)CC1(C)C. The number of carbonyl (C=O) groups excluding carboxylic acids is 2. The molecule has 0 radical (unpaired) electrons. The summed E-state index contributed by atoms with van der Waals surface area (Å²) in [6.07, 6.45) is 0.738. The van der Waals surface area contributed by atoms with Crippen molar-refractivity contribution in [2.45, 2.75) is 53.1 Å². The van der Waals surface area contributed by atoms with E-state index in [0.717, 1.165) is 11.1 Å². The first kappa shape index (κ1) is 13.1. The van der Waals surface area contributed by atoms with Crippen LogP contribution in [0.3, 0.4) is 0 Å². The van der Waals surface area contributed by atoms with Gasteiger partial charge in [0.25, 0.3) is 0 Å². The molecule has 0 aromatic rings. The molecular formula is C13H20O3. The highest BCUT2D eigenvalue weighted by Crippen LogP contribution is 2.41. The summed E-state index contributed by atoms with van der Waals surface area (Å²) in [5.41, 5.74) is 1.34. The van der Waals surface area contributed by atoms with Gasteiger partial charge in [0.1, 0.15) is 5.78 Å². The van der Waals surface area contributed by atoms with Crippen LogP contribution in [0.15, 0.2) is 11.1 Å². The Hall–Kier alpha value is -0.960. The third-order valence-electron chi connectivity index (χ3n) is 3.08. The van der Waals surface area contributed by atoms with E-state index >= 15 is 0 Å². The maximum absolute atomic E-state index is 12.0. The number of Topliss-reactive ketones (excluding diaryl/α,β-unsaturated/α-hetero) is 2. The fourth-order valence-corrected chi connectivity index (χ4v) is 2.73. The predicted molar refractivity (Wildman–Crippen MR) is 62.0 cm³/mol. The van der Waals surface area contributed by atoms with Gasteiger partial charge in [0.2, 0.25) is 0 Å². The second-order valence-corrected chi connectivity index (χ2v) is 5.40. The molecule has 0 fully saturated rings. The van der Waals surface area contributed by atoms with E-state index in [0.29, 0.717) is 12.8 Å². The van der Waals surface area contributed by atoms with Gasteiger partial charge in [-0.15, -0.1) is 0 Å². The van der Waals surface area contributed by atoms with Crippen LogP contribution in [0, 0.1) is 5.41 Å². The standard InChI is InChI=1S/C13H20O3/c1-8-5-10(15)7-13(3,4)12(8)11(16)6-9(2)14/h10,15H,5-7H2,1-4H3/t10-/m1/s1. The fourth-order valence-electron chi connectivity index (χ4n) is 2.73. The van der Waals surface area contributed by atoms with Gasteiger partial charge in [-0.05, 0) is 32.1 Å². The predicted octanol–water partition coefficient (Wildman–Crippen LogP) is 2.03. The van der Waals surface area contributed by atoms with Crippen LogP contribution in [0.25, 0.3) is 0 Å². The molecule has 1 rings (SSSR count). The van der Waals surface area contributed by atoms with E-state index in [1.807, 2.05) is 20.8 Å². The van der Waals surface area contributed by atoms with Gasteiger partial charge in [-0.2, -0.15) is 0 Å². The number of hydrogen-bond acceptors (Lipinski definition) is 3. The second-order valence-electron chi connectivity index (χ2n) is 5.40. The summed E-state index contributed by atoms with van der Waals surface area (Å²) in [4.78, 5) is 23.0. The molecule has 90 valence electrons. The van der Waals surface area contributed by atoms with Crippen LogP contribution in [0.4, 0.5) is 0 Å². The van der Waals surface area contributed by atoms with Gasteiger partial charge in [0.15, 0.2) is 5.78 Å². The molecule has 0 unspecified atom stereocenters. The van der Waals surface area contributed by atoms with Gasteiger partial charge >= 0.3 is 0 Å². The van der Waals surface area contributed by atoms with Crippen LogP contribution >= 0.6 is 0 Å². The van der Waals surface area contributed by atoms with Crippen molar-refractivity contribution in [3.05, 3.63) is 11.1 Å². The van der Waals surface area contributed by atoms with Crippen molar-refractivity contribution in [1.29, 1.82) is 0 Å². The van der Waals surface area contributed by atoms with Gasteiger partial charge in [0, 0.05) is 5.57 Å². The number of carbonyl (C=O) groups is 2. The maximum Gasteiger partial charge on any atom is 0.166 e. The molecule has 0 bridgehead atoms. The summed E-state index contributed by atoms with van der Waals surface area (Å²) < 4.78 is 0. The van der Waals surface area contributed by atoms with Crippen molar-refractivity contribution in [2.24, 2.45) is 5.41 Å². The Labute approximate surface area is 96.5 Å². The third kappa shape index (κ3) is 2.79. The van der Waals surface area contributed by atoms with Crippen molar-refractivity contribution in [3.63, 3.8) is 0 Å². The molecule has 16 heavy (non-hydrogen) atoms. The van der Waals surface area contributed by atoms with Crippen molar-refractivity contribution < 1.29 is 14.7 Å². The van der Waals surface area contributed by atoms with Gasteiger partial charge in [-0.3, -0.25) is 9.59 Å². The van der Waals surface area contributed by atoms with Gasteiger partial charge in [-0.1, -0.05) is 19.4 Å². The molecule has 1 aliphatic carbocycles. The molecule has 0 aromatic heterocycles. The molecule has 0 heterocycles. The number of allylic oxidation sites excluding steroid dienone is 1. The quantitative estimate of drug-likeness (QED) is 0.746. The first-order chi connectivity index (χ1) is 7.24. The van der Waals surface area contributed by atoms with Crippen LogP contribution in [-0.2, 0) is 9.59 Å². The minimum Gasteiger partial charge on any atom is -0.393 e. The average Bonchev–Trinajstić information content (AvgIpc) is 1.96. The van der Waals surface area contributed by atoms with Crippen LogP contribution in [0.1, 0.15) is 47.0 Å². The van der Waals surface area contributed by atoms with E-state index in [-0.39, 0.29) is 29.5 Å². The van der Waals surface area contributed by atoms with Crippen molar-refractivity contribution in [2.75, 3.05) is 0 Å². The summed E-state index contributed by atoms with van der Waals surface area (Å²) >= 11 is 0. The molecule has 0 aliphatic heterocycles. The van der Waals surface area contributed by atoms with Crippen LogP contribution in [0.2, 0.25) is 0 Å². The van der Waals surface area contributed by atoms with E-state index in [1.165, 1.54) is 6.92 Å². The van der Waals surface area contributed by atoms with E-state index in [4.69, 9.17) is 0 Å². The summed E-state index contributed by atoms with van der Waals surface area (Å²) in [7, 11) is 0. The Morgan fingerprint density at radius 3 is 2.44 bits per heavy atom. The summed E-state index contributed by atoms with van der Waals surface area (Å²) in [6.45, 7) is 7.20. The Bertz CT molecular complexity index is 350. The monoisotopic (exact) mass is 224 g/mol. The number of hydrogen-bond donors (Lipinski definition) is 1. The highest BCUT2D eigenvalue weighted by molar-refractivity contribution is 6.08. The molecule has 0 aromatic carbocycles. The number of aliphatic hydroxyl groups excluding tert-OH is 1. The largest absolute Gasteiger partial charge is 0.393 e. The molecule has 1 atom stereocenters. The average molecular weight is 224 g/mol. The van der Waals surface area contributed by atoms with E-state index in [2.05, 4.69) is 0 Å². The number of aliphatic hydroxyl groups is 1. The van der Waals surface area contributed by atoms with E-state index in [9.17, 15) is 14.7 Å². The maximum atomic E-state index is 12.0. The van der Waals surface area contributed by atoms with Crippen LogP contribution < -0.4 is 0 Å². The van der Waals surface area contributed by atoms with Crippen molar-refractivity contribution in [3.8, 4) is 0 Å². The summed E-state index contributed by atoms with van der Waals surface area (Å²) in [5, 5.41) is 9.68. The minimum absolute atomic E-state index is 0.0216. The van der Waals surface area contributed by atoms with E-state index < -0.39 is 0 Å². The van der Waals surface area contributed by atoms with Gasteiger partial charge < -0.3 is 5.11 Å². The zero-order chi connectivity index (χ0) is 12.5. The minimum atomic E-state index is -0.371. The van der Waals surface area contributed by atoms with E-state index in [1.54, 1.807) is 0 Å². The molecule has 1 N–H and O–H groups in total. The highest BCUT2D eigenvalue weighted by atomic mass is 16.3. The molecule has 3 nitrogen and oxygen atoms in total. The lowest BCUT2D eigenvalue weighted by molar-refractivity contribution is -0.124. The second kappa shape index (κ2) is 4.50. The topological polar surface area (TPSA) is 54.4 Å². The molecule has 0 amide bonds. The lowest BCUT2D eigenvalue weighted by atomic mass is 9.69.